The fourth-order valence-corrected chi connectivity index (χ4v) is 5.03. The molecule has 3 aromatic carbocycles. The quantitative estimate of drug-likeness (QED) is 0.293. The Morgan fingerprint density at radius 1 is 0.975 bits per heavy atom. The van der Waals surface area contributed by atoms with Crippen molar-refractivity contribution in [2.75, 3.05) is 32.1 Å². The van der Waals surface area contributed by atoms with Crippen molar-refractivity contribution in [3.8, 4) is 5.75 Å². The Hall–Kier alpha value is -3.90. The number of hydrogen-bond acceptors (Lipinski definition) is 4. The van der Waals surface area contributed by atoms with Crippen LogP contribution in [0.15, 0.2) is 79.4 Å². The highest BCUT2D eigenvalue weighted by molar-refractivity contribution is 6.04. The lowest BCUT2D eigenvalue weighted by Crippen LogP contribution is -2.47. The van der Waals surface area contributed by atoms with Crippen LogP contribution in [0.2, 0.25) is 0 Å². The van der Waals surface area contributed by atoms with E-state index in [0.29, 0.717) is 29.3 Å². The number of benzene rings is 3. The van der Waals surface area contributed by atoms with Gasteiger partial charge < -0.3 is 19.9 Å². The van der Waals surface area contributed by atoms with Gasteiger partial charge in [-0.1, -0.05) is 50.8 Å². The van der Waals surface area contributed by atoms with Crippen molar-refractivity contribution in [3.05, 3.63) is 102 Å². The molecule has 0 unspecified atom stereocenters. The van der Waals surface area contributed by atoms with Crippen LogP contribution in [0.1, 0.15) is 65.0 Å². The van der Waals surface area contributed by atoms with Crippen molar-refractivity contribution < 1.29 is 14.3 Å². The smallest absolute Gasteiger partial charge is 0.255 e. The molecule has 1 heterocycles. The molecule has 1 aliphatic rings. The van der Waals surface area contributed by atoms with Crippen LogP contribution in [-0.4, -0.2) is 54.4 Å². The summed E-state index contributed by atoms with van der Waals surface area (Å²) in [6.07, 6.45) is 4.89. The van der Waals surface area contributed by atoms with Crippen LogP contribution >= 0.6 is 0 Å². The number of nitrogens with zero attached hydrogens (tertiary/aromatic N) is 2. The number of piperidine rings is 1. The standard InChI is InChI=1S/C34H41N3O3/c1-5-26-6-12-29(13-7-26)34(39)37(31-19-22-36(23-20-31)21-18-25(2)3)24-27-8-10-28(11-9-27)33(38)35-30-14-16-32(40-4)17-15-30/h5-17,25,31H,1,18-24H2,2-4H3,(H,35,38). The highest BCUT2D eigenvalue weighted by atomic mass is 16.5. The number of likely N-dealkylation sites (tertiary alicyclic amines) is 1. The summed E-state index contributed by atoms with van der Waals surface area (Å²) >= 11 is 0. The van der Waals surface area contributed by atoms with E-state index in [4.69, 9.17) is 4.74 Å². The first kappa shape index (κ1) is 29.1. The van der Waals surface area contributed by atoms with Gasteiger partial charge in [-0.3, -0.25) is 9.59 Å². The lowest BCUT2D eigenvalue weighted by atomic mass is 9.99. The summed E-state index contributed by atoms with van der Waals surface area (Å²) in [5.41, 5.74) is 3.94. The van der Waals surface area contributed by atoms with Crippen molar-refractivity contribution in [1.82, 2.24) is 9.80 Å². The molecule has 0 spiro atoms. The number of methoxy groups -OCH3 is 1. The number of nitrogens with one attached hydrogen (secondary N) is 1. The van der Waals surface area contributed by atoms with Crippen molar-refractivity contribution in [2.45, 2.75) is 45.7 Å². The Morgan fingerprint density at radius 3 is 2.17 bits per heavy atom. The van der Waals surface area contributed by atoms with Crippen LogP contribution in [0.4, 0.5) is 5.69 Å². The third-order valence-electron chi connectivity index (χ3n) is 7.59. The molecule has 210 valence electrons. The second-order valence-electron chi connectivity index (χ2n) is 10.9. The summed E-state index contributed by atoms with van der Waals surface area (Å²) in [6, 6.07) is 22.6. The number of rotatable bonds is 11. The van der Waals surface area contributed by atoms with Crippen LogP contribution in [0.5, 0.6) is 5.75 Å². The van der Waals surface area contributed by atoms with E-state index in [1.54, 1.807) is 13.2 Å². The molecule has 3 aromatic rings. The molecule has 0 bridgehead atoms. The topological polar surface area (TPSA) is 61.9 Å². The Morgan fingerprint density at radius 2 is 1.60 bits per heavy atom. The van der Waals surface area contributed by atoms with Crippen LogP contribution in [0, 0.1) is 5.92 Å². The molecular weight excluding hydrogens is 498 g/mol. The van der Waals surface area contributed by atoms with Crippen LogP contribution in [0.3, 0.4) is 0 Å². The van der Waals surface area contributed by atoms with Gasteiger partial charge in [0.1, 0.15) is 5.75 Å². The average Bonchev–Trinajstić information content (AvgIpc) is 2.99. The molecule has 0 saturated carbocycles. The van der Waals surface area contributed by atoms with Gasteiger partial charge in [-0.25, -0.2) is 0 Å². The predicted octanol–water partition coefficient (Wildman–Crippen LogP) is 6.74. The number of ether oxygens (including phenoxy) is 1. The maximum Gasteiger partial charge on any atom is 0.255 e. The number of anilines is 1. The zero-order valence-electron chi connectivity index (χ0n) is 23.9. The Labute approximate surface area is 238 Å². The molecule has 1 saturated heterocycles. The fourth-order valence-electron chi connectivity index (χ4n) is 5.03. The van der Waals surface area contributed by atoms with E-state index in [0.717, 1.165) is 49.4 Å². The second-order valence-corrected chi connectivity index (χ2v) is 10.9. The molecule has 1 aliphatic heterocycles. The SMILES string of the molecule is C=Cc1ccc(C(=O)N(Cc2ccc(C(=O)Nc3ccc(OC)cc3)cc2)C2CCN(CCC(C)C)CC2)cc1. The van der Waals surface area contributed by atoms with Gasteiger partial charge in [-0.2, -0.15) is 0 Å². The van der Waals surface area contributed by atoms with Crippen molar-refractivity contribution >= 4 is 23.6 Å². The summed E-state index contributed by atoms with van der Waals surface area (Å²) in [5, 5.41) is 2.92. The largest absolute Gasteiger partial charge is 0.497 e. The maximum atomic E-state index is 13.8. The van der Waals surface area contributed by atoms with E-state index in [1.165, 1.54) is 6.42 Å². The third kappa shape index (κ3) is 7.82. The number of hydrogen-bond donors (Lipinski definition) is 1. The minimum absolute atomic E-state index is 0.0394. The van der Waals surface area contributed by atoms with Gasteiger partial charge in [0.15, 0.2) is 0 Å². The van der Waals surface area contributed by atoms with Gasteiger partial charge in [-0.05, 0) is 91.4 Å². The molecule has 0 aliphatic carbocycles. The first-order chi connectivity index (χ1) is 19.4. The fraction of sp³-hybridized carbons (Fsp3) is 0.353. The first-order valence-corrected chi connectivity index (χ1v) is 14.2. The molecule has 0 radical (unpaired) electrons. The van der Waals surface area contributed by atoms with Gasteiger partial charge in [0.05, 0.1) is 7.11 Å². The number of carbonyl (C=O) groups is 2. The molecule has 40 heavy (non-hydrogen) atoms. The molecule has 6 heteroatoms. The maximum absolute atomic E-state index is 13.8. The zero-order chi connectivity index (χ0) is 28.5. The second kappa shape index (κ2) is 13.9. The Bertz CT molecular complexity index is 1260. The molecule has 1 fully saturated rings. The van der Waals surface area contributed by atoms with Crippen LogP contribution < -0.4 is 10.1 Å². The molecule has 1 N–H and O–H groups in total. The minimum Gasteiger partial charge on any atom is -0.497 e. The first-order valence-electron chi connectivity index (χ1n) is 14.2. The predicted molar refractivity (Wildman–Crippen MR) is 163 cm³/mol. The third-order valence-corrected chi connectivity index (χ3v) is 7.59. The van der Waals surface area contributed by atoms with E-state index in [-0.39, 0.29) is 17.9 Å². The molecule has 4 rings (SSSR count). The average molecular weight is 540 g/mol. The summed E-state index contributed by atoms with van der Waals surface area (Å²) in [4.78, 5) is 31.1. The molecule has 0 atom stereocenters. The zero-order valence-corrected chi connectivity index (χ0v) is 23.9. The lowest BCUT2D eigenvalue weighted by Gasteiger charge is -2.39. The summed E-state index contributed by atoms with van der Waals surface area (Å²) in [5.74, 6) is 1.29. The van der Waals surface area contributed by atoms with Crippen LogP contribution in [-0.2, 0) is 6.54 Å². The van der Waals surface area contributed by atoms with Gasteiger partial charge >= 0.3 is 0 Å². The minimum atomic E-state index is -0.180. The summed E-state index contributed by atoms with van der Waals surface area (Å²) in [7, 11) is 1.61. The Balaban J connectivity index is 1.46. The normalized spacial score (nSPS) is 14.1. The lowest BCUT2D eigenvalue weighted by molar-refractivity contribution is 0.0546. The molecule has 0 aromatic heterocycles. The number of amides is 2. The van der Waals surface area contributed by atoms with Crippen molar-refractivity contribution in [3.63, 3.8) is 0 Å². The summed E-state index contributed by atoms with van der Waals surface area (Å²) in [6.45, 7) is 12.0. The van der Waals surface area contributed by atoms with E-state index in [9.17, 15) is 9.59 Å². The van der Waals surface area contributed by atoms with E-state index in [2.05, 4.69) is 30.6 Å². The van der Waals surface area contributed by atoms with Crippen LogP contribution in [0.25, 0.3) is 6.08 Å². The number of carbonyl (C=O) groups excluding carboxylic acids is 2. The van der Waals surface area contributed by atoms with E-state index >= 15 is 0 Å². The van der Waals surface area contributed by atoms with Gasteiger partial charge in [0.25, 0.3) is 11.8 Å². The van der Waals surface area contributed by atoms with E-state index in [1.807, 2.05) is 77.7 Å². The molecular formula is C34H41N3O3. The molecule has 2 amide bonds. The van der Waals surface area contributed by atoms with Crippen molar-refractivity contribution in [2.24, 2.45) is 5.92 Å². The highest BCUT2D eigenvalue weighted by Gasteiger charge is 2.29. The summed E-state index contributed by atoms with van der Waals surface area (Å²) < 4.78 is 5.18. The molecule has 6 nitrogen and oxygen atoms in total. The van der Waals surface area contributed by atoms with E-state index < -0.39 is 0 Å². The monoisotopic (exact) mass is 539 g/mol. The van der Waals surface area contributed by atoms with Gasteiger partial charge in [-0.15, -0.1) is 0 Å². The van der Waals surface area contributed by atoms with Gasteiger partial charge in [0, 0.05) is 42.5 Å². The van der Waals surface area contributed by atoms with Gasteiger partial charge in [0.2, 0.25) is 0 Å². The van der Waals surface area contributed by atoms with Crippen molar-refractivity contribution in [1.29, 1.82) is 0 Å². The Kier molecular flexibility index (Phi) is 10.1. The highest BCUT2D eigenvalue weighted by Crippen LogP contribution is 2.23.